The van der Waals surface area contributed by atoms with Gasteiger partial charge < -0.3 is 10.2 Å². The van der Waals surface area contributed by atoms with Gasteiger partial charge in [0, 0.05) is 10.5 Å². The lowest BCUT2D eigenvalue weighted by Crippen LogP contribution is -2.32. The molecule has 0 spiro atoms. The number of hydrogen-bond donors (Lipinski definition) is 2. The number of rotatable bonds is 0. The summed E-state index contributed by atoms with van der Waals surface area (Å²) < 4.78 is 0. The molecule has 0 aromatic rings. The number of thioether (sulfide) groups is 1. The Morgan fingerprint density at radius 2 is 2.00 bits per heavy atom. The van der Waals surface area contributed by atoms with Gasteiger partial charge in [-0.1, -0.05) is 12.2 Å². The highest BCUT2D eigenvalue weighted by Gasteiger charge is 2.46. The van der Waals surface area contributed by atoms with E-state index in [0.717, 1.165) is 0 Å². The minimum absolute atomic E-state index is 0.282. The number of aliphatic hydroxyl groups is 2. The monoisotopic (exact) mass is 144 g/mol. The summed E-state index contributed by atoms with van der Waals surface area (Å²) in [5, 5.41) is 19.0. The second-order valence-corrected chi connectivity index (χ2v) is 3.79. The molecule has 3 heteroatoms. The van der Waals surface area contributed by atoms with E-state index >= 15 is 0 Å². The van der Waals surface area contributed by atoms with Crippen LogP contribution in [0.5, 0.6) is 0 Å². The van der Waals surface area contributed by atoms with E-state index in [-0.39, 0.29) is 5.25 Å². The van der Waals surface area contributed by atoms with Gasteiger partial charge in [-0.25, -0.2) is 0 Å². The van der Waals surface area contributed by atoms with Gasteiger partial charge in [0.2, 0.25) is 0 Å². The van der Waals surface area contributed by atoms with Gasteiger partial charge in [0.15, 0.2) is 0 Å². The standard InChI is InChI=1S/C6H8O2S/c7-3-1-2-4-6(9-4)5(3)8/h1-8H/t3-,4-,5+,6-/m0/s1. The largest absolute Gasteiger partial charge is 0.389 e. The maximum absolute atomic E-state index is 9.17. The van der Waals surface area contributed by atoms with Gasteiger partial charge in [-0.15, -0.1) is 11.8 Å². The van der Waals surface area contributed by atoms with Gasteiger partial charge in [-0.3, -0.25) is 0 Å². The first-order chi connectivity index (χ1) is 4.29. The fourth-order valence-electron chi connectivity index (χ4n) is 1.10. The normalized spacial score (nSPS) is 54.9. The highest BCUT2D eigenvalue weighted by atomic mass is 32.2. The zero-order valence-electron chi connectivity index (χ0n) is 4.77. The minimum atomic E-state index is -0.624. The molecule has 1 aliphatic heterocycles. The highest BCUT2D eigenvalue weighted by molar-refractivity contribution is 8.08. The van der Waals surface area contributed by atoms with Crippen molar-refractivity contribution >= 4 is 11.8 Å². The Balaban J connectivity index is 2.16. The van der Waals surface area contributed by atoms with Crippen molar-refractivity contribution in [1.82, 2.24) is 0 Å². The molecular weight excluding hydrogens is 136 g/mol. The van der Waals surface area contributed by atoms with E-state index in [0.29, 0.717) is 5.25 Å². The fourth-order valence-corrected chi connectivity index (χ4v) is 2.12. The van der Waals surface area contributed by atoms with Crippen LogP contribution in [0.25, 0.3) is 0 Å². The van der Waals surface area contributed by atoms with Crippen molar-refractivity contribution in [3.63, 3.8) is 0 Å². The maximum atomic E-state index is 9.17. The smallest absolute Gasteiger partial charge is 0.0991 e. The Morgan fingerprint density at radius 3 is 2.67 bits per heavy atom. The fraction of sp³-hybridized carbons (Fsp3) is 0.667. The molecule has 0 bridgehead atoms. The molecule has 2 rings (SSSR count). The van der Waals surface area contributed by atoms with Crippen molar-refractivity contribution < 1.29 is 10.2 Å². The van der Waals surface area contributed by atoms with Crippen LogP contribution in [0.15, 0.2) is 12.2 Å². The van der Waals surface area contributed by atoms with Crippen molar-refractivity contribution in [2.75, 3.05) is 0 Å². The van der Waals surface area contributed by atoms with Crippen LogP contribution >= 0.6 is 11.8 Å². The van der Waals surface area contributed by atoms with E-state index in [2.05, 4.69) is 0 Å². The molecule has 1 aliphatic carbocycles. The summed E-state index contributed by atoms with van der Waals surface area (Å²) in [4.78, 5) is 0. The van der Waals surface area contributed by atoms with E-state index < -0.39 is 12.2 Å². The van der Waals surface area contributed by atoms with Crippen molar-refractivity contribution in [3.05, 3.63) is 12.2 Å². The predicted octanol–water partition coefficient (Wildman–Crippen LogP) is -0.238. The van der Waals surface area contributed by atoms with Crippen molar-refractivity contribution in [2.45, 2.75) is 22.7 Å². The predicted molar refractivity (Wildman–Crippen MR) is 36.3 cm³/mol. The molecule has 0 amide bonds. The average molecular weight is 144 g/mol. The summed E-state index contributed by atoms with van der Waals surface area (Å²) in [6, 6.07) is 0. The Morgan fingerprint density at radius 1 is 1.22 bits per heavy atom. The van der Waals surface area contributed by atoms with Gasteiger partial charge in [-0.05, 0) is 0 Å². The molecule has 2 N–H and O–H groups in total. The summed E-state index contributed by atoms with van der Waals surface area (Å²) in [5.41, 5.74) is 0. The topological polar surface area (TPSA) is 40.5 Å². The lowest BCUT2D eigenvalue weighted by molar-refractivity contribution is 0.0498. The van der Waals surface area contributed by atoms with E-state index in [1.165, 1.54) is 0 Å². The summed E-state index contributed by atoms with van der Waals surface area (Å²) in [6.07, 6.45) is 2.49. The molecule has 9 heavy (non-hydrogen) atoms. The molecule has 0 unspecified atom stereocenters. The average Bonchev–Trinajstić information content (AvgIpc) is 2.58. The lowest BCUT2D eigenvalue weighted by Gasteiger charge is -2.15. The maximum Gasteiger partial charge on any atom is 0.0991 e. The molecule has 2 aliphatic rings. The summed E-state index contributed by atoms with van der Waals surface area (Å²) in [6.45, 7) is 0. The number of fused-ring (bicyclic) bond motifs is 1. The first-order valence-corrected chi connectivity index (χ1v) is 3.93. The Kier molecular flexibility index (Phi) is 1.12. The van der Waals surface area contributed by atoms with Gasteiger partial charge in [0.1, 0.15) is 0 Å². The Bertz CT molecular complexity index is 157. The first-order valence-electron chi connectivity index (χ1n) is 2.99. The highest BCUT2D eigenvalue weighted by Crippen LogP contribution is 2.47. The number of aliphatic hydroxyl groups excluding tert-OH is 2. The van der Waals surface area contributed by atoms with Crippen LogP contribution in [0, 0.1) is 0 Å². The van der Waals surface area contributed by atoms with Gasteiger partial charge >= 0.3 is 0 Å². The van der Waals surface area contributed by atoms with Crippen LogP contribution in [0.4, 0.5) is 0 Å². The molecule has 4 atom stereocenters. The molecule has 0 saturated carbocycles. The van der Waals surface area contributed by atoms with Crippen LogP contribution in [0.3, 0.4) is 0 Å². The zero-order chi connectivity index (χ0) is 6.43. The summed E-state index contributed by atoms with van der Waals surface area (Å²) in [5.74, 6) is 0. The van der Waals surface area contributed by atoms with Crippen molar-refractivity contribution in [2.24, 2.45) is 0 Å². The lowest BCUT2D eigenvalue weighted by atomic mass is 10.0. The van der Waals surface area contributed by atoms with Gasteiger partial charge in [-0.2, -0.15) is 0 Å². The quantitative estimate of drug-likeness (QED) is 0.364. The van der Waals surface area contributed by atoms with E-state index in [1.54, 1.807) is 17.8 Å². The van der Waals surface area contributed by atoms with Crippen LogP contribution in [0.1, 0.15) is 0 Å². The van der Waals surface area contributed by atoms with Gasteiger partial charge in [0.05, 0.1) is 12.2 Å². The van der Waals surface area contributed by atoms with Crippen LogP contribution in [0.2, 0.25) is 0 Å². The molecule has 1 heterocycles. The van der Waals surface area contributed by atoms with E-state index in [9.17, 15) is 0 Å². The molecule has 0 aromatic carbocycles. The van der Waals surface area contributed by atoms with Crippen molar-refractivity contribution in [1.29, 1.82) is 0 Å². The SMILES string of the molecule is O[C@H]1[C@H]2S[C@H]2C=C[C@@H]1O. The molecule has 0 radical (unpaired) electrons. The third-order valence-electron chi connectivity index (χ3n) is 1.75. The molecule has 50 valence electrons. The molecule has 1 fully saturated rings. The van der Waals surface area contributed by atoms with Crippen molar-refractivity contribution in [3.8, 4) is 0 Å². The third-order valence-corrected chi connectivity index (χ3v) is 3.08. The number of hydrogen-bond acceptors (Lipinski definition) is 3. The molecular formula is C6H8O2S. The Hall–Kier alpha value is 0.01000. The molecule has 0 aromatic heterocycles. The second kappa shape index (κ2) is 1.75. The zero-order valence-corrected chi connectivity index (χ0v) is 5.58. The first kappa shape index (κ1) is 5.77. The Labute approximate surface area is 57.6 Å². The van der Waals surface area contributed by atoms with E-state index in [1.807, 2.05) is 6.08 Å². The summed E-state index contributed by atoms with van der Waals surface area (Å²) in [7, 11) is 0. The third kappa shape index (κ3) is 0.801. The van der Waals surface area contributed by atoms with Gasteiger partial charge in [0.25, 0.3) is 0 Å². The minimum Gasteiger partial charge on any atom is -0.389 e. The van der Waals surface area contributed by atoms with Crippen LogP contribution in [-0.2, 0) is 0 Å². The van der Waals surface area contributed by atoms with Crippen LogP contribution in [-0.4, -0.2) is 32.9 Å². The second-order valence-electron chi connectivity index (χ2n) is 2.43. The molecule has 2 nitrogen and oxygen atoms in total. The molecule has 1 saturated heterocycles. The van der Waals surface area contributed by atoms with E-state index in [4.69, 9.17) is 10.2 Å². The summed E-state index contributed by atoms with van der Waals surface area (Å²) >= 11 is 1.71. The van der Waals surface area contributed by atoms with Crippen LogP contribution < -0.4 is 0 Å².